The molecule has 1 fully saturated rings. The molecule has 1 amide bonds. The van der Waals surface area contributed by atoms with Crippen molar-refractivity contribution >= 4 is 38.2 Å². The molecule has 2 heterocycles. The van der Waals surface area contributed by atoms with Gasteiger partial charge in [-0.25, -0.2) is 4.98 Å². The summed E-state index contributed by atoms with van der Waals surface area (Å²) >= 11 is 1.66. The van der Waals surface area contributed by atoms with Crippen LogP contribution in [-0.2, 0) is 4.79 Å². The summed E-state index contributed by atoms with van der Waals surface area (Å²) in [6.07, 6.45) is -0.578. The highest BCUT2D eigenvalue weighted by molar-refractivity contribution is 7.18. The van der Waals surface area contributed by atoms with Crippen LogP contribution in [0.15, 0.2) is 60.7 Å². The van der Waals surface area contributed by atoms with Crippen LogP contribution in [0.3, 0.4) is 0 Å². The number of fused-ring (bicyclic) bond motifs is 2. The zero-order chi connectivity index (χ0) is 25.8. The third-order valence-electron chi connectivity index (χ3n) is 6.86. The van der Waals surface area contributed by atoms with E-state index in [4.69, 9.17) is 4.74 Å². The molecule has 0 aliphatic carbocycles. The van der Waals surface area contributed by atoms with E-state index in [-0.39, 0.29) is 18.6 Å². The molecule has 0 saturated carbocycles. The summed E-state index contributed by atoms with van der Waals surface area (Å²) in [6.45, 7) is 8.42. The number of piperazine rings is 1. The molecule has 5 rings (SSSR count). The van der Waals surface area contributed by atoms with E-state index in [1.54, 1.807) is 11.3 Å². The number of aryl methyl sites for hydroxylation is 1. The van der Waals surface area contributed by atoms with Gasteiger partial charge in [0.15, 0.2) is 0 Å². The first-order valence-electron chi connectivity index (χ1n) is 12.8. The molecule has 0 bridgehead atoms. The van der Waals surface area contributed by atoms with Crippen LogP contribution in [0.2, 0.25) is 0 Å². The molecule has 2 N–H and O–H groups in total. The minimum Gasteiger partial charge on any atom is -0.491 e. The molecule has 1 aromatic heterocycles. The standard InChI is InChI=1S/C29H34N4O3S/c1-20(23-8-7-22-5-3-4-6-24(22)15-23)30-29(35)18-33-13-11-32(12-14-33)17-25(34)19-36-26-9-10-28-27(16-26)31-21(2)37-28/h3-10,15-16,20,25,34H,11-14,17-19H2,1-2H3,(H,30,35). The van der Waals surface area contributed by atoms with Gasteiger partial charge in [-0.3, -0.25) is 14.6 Å². The summed E-state index contributed by atoms with van der Waals surface area (Å²) in [7, 11) is 0. The second-order valence-electron chi connectivity index (χ2n) is 9.80. The molecule has 2 atom stereocenters. The maximum Gasteiger partial charge on any atom is 0.234 e. The number of benzene rings is 3. The summed E-state index contributed by atoms with van der Waals surface area (Å²) in [5, 5.41) is 17.1. The van der Waals surface area contributed by atoms with Gasteiger partial charge in [-0.2, -0.15) is 0 Å². The largest absolute Gasteiger partial charge is 0.491 e. The first-order valence-corrected chi connectivity index (χ1v) is 13.7. The molecule has 4 aromatic rings. The van der Waals surface area contributed by atoms with E-state index in [1.165, 1.54) is 10.8 Å². The van der Waals surface area contributed by atoms with E-state index in [9.17, 15) is 9.90 Å². The van der Waals surface area contributed by atoms with Gasteiger partial charge in [0.1, 0.15) is 18.5 Å². The van der Waals surface area contributed by atoms with Crippen LogP contribution >= 0.6 is 11.3 Å². The summed E-state index contributed by atoms with van der Waals surface area (Å²) in [6, 6.07) is 20.4. The van der Waals surface area contributed by atoms with Crippen LogP contribution < -0.4 is 10.1 Å². The molecule has 1 aliphatic heterocycles. The molecule has 1 aliphatic rings. The van der Waals surface area contributed by atoms with Crippen molar-refractivity contribution in [1.82, 2.24) is 20.1 Å². The quantitative estimate of drug-likeness (QED) is 0.349. The molecule has 0 radical (unpaired) electrons. The van der Waals surface area contributed by atoms with Gasteiger partial charge in [0.05, 0.1) is 27.8 Å². The Kier molecular flexibility index (Phi) is 8.00. The van der Waals surface area contributed by atoms with Crippen LogP contribution in [0.25, 0.3) is 21.0 Å². The highest BCUT2D eigenvalue weighted by atomic mass is 32.1. The molecule has 7 nitrogen and oxygen atoms in total. The predicted molar refractivity (Wildman–Crippen MR) is 149 cm³/mol. The van der Waals surface area contributed by atoms with Crippen LogP contribution in [0.5, 0.6) is 5.75 Å². The Labute approximate surface area is 221 Å². The van der Waals surface area contributed by atoms with Crippen molar-refractivity contribution in [1.29, 1.82) is 0 Å². The Morgan fingerprint density at radius 3 is 2.62 bits per heavy atom. The van der Waals surface area contributed by atoms with Gasteiger partial charge in [-0.05, 0) is 48.4 Å². The number of nitrogens with one attached hydrogen (secondary N) is 1. The number of carbonyl (C=O) groups is 1. The Morgan fingerprint density at radius 1 is 1.05 bits per heavy atom. The third kappa shape index (κ3) is 6.64. The highest BCUT2D eigenvalue weighted by Gasteiger charge is 2.22. The highest BCUT2D eigenvalue weighted by Crippen LogP contribution is 2.25. The molecule has 0 spiro atoms. The van der Waals surface area contributed by atoms with E-state index in [1.807, 2.05) is 44.2 Å². The number of hydrogen-bond acceptors (Lipinski definition) is 7. The lowest BCUT2D eigenvalue weighted by molar-refractivity contribution is -0.123. The Morgan fingerprint density at radius 2 is 1.81 bits per heavy atom. The second-order valence-corrected chi connectivity index (χ2v) is 11.0. The van der Waals surface area contributed by atoms with Gasteiger partial charge in [0.2, 0.25) is 5.91 Å². The van der Waals surface area contributed by atoms with Gasteiger partial charge < -0.3 is 15.2 Å². The predicted octanol–water partition coefficient (Wildman–Crippen LogP) is 3.99. The number of carbonyl (C=O) groups excluding carboxylic acids is 1. The van der Waals surface area contributed by atoms with Crippen molar-refractivity contribution < 1.29 is 14.6 Å². The Balaban J connectivity index is 1.02. The van der Waals surface area contributed by atoms with E-state index < -0.39 is 6.10 Å². The fraction of sp³-hybridized carbons (Fsp3) is 0.379. The minimum atomic E-state index is -0.578. The van der Waals surface area contributed by atoms with Crippen molar-refractivity contribution in [3.05, 3.63) is 71.2 Å². The maximum atomic E-state index is 12.7. The van der Waals surface area contributed by atoms with E-state index in [0.717, 1.165) is 52.7 Å². The van der Waals surface area contributed by atoms with Gasteiger partial charge in [-0.15, -0.1) is 11.3 Å². The number of amides is 1. The second kappa shape index (κ2) is 11.6. The van der Waals surface area contributed by atoms with Gasteiger partial charge in [0.25, 0.3) is 0 Å². The summed E-state index contributed by atoms with van der Waals surface area (Å²) < 4.78 is 6.96. The average molecular weight is 519 g/mol. The van der Waals surface area contributed by atoms with Crippen LogP contribution in [0, 0.1) is 6.92 Å². The topological polar surface area (TPSA) is 77.9 Å². The normalized spacial score (nSPS) is 16.6. The lowest BCUT2D eigenvalue weighted by atomic mass is 10.0. The fourth-order valence-electron chi connectivity index (χ4n) is 4.84. The van der Waals surface area contributed by atoms with Crippen molar-refractivity contribution in [2.24, 2.45) is 0 Å². The van der Waals surface area contributed by atoms with E-state index in [0.29, 0.717) is 13.1 Å². The lowest BCUT2D eigenvalue weighted by Gasteiger charge is -2.35. The molecule has 3 aromatic carbocycles. The Bertz CT molecular complexity index is 1370. The number of hydrogen-bond donors (Lipinski definition) is 2. The van der Waals surface area contributed by atoms with Gasteiger partial charge in [0, 0.05) is 38.8 Å². The van der Waals surface area contributed by atoms with Crippen molar-refractivity contribution in [3.8, 4) is 5.75 Å². The van der Waals surface area contributed by atoms with Crippen molar-refractivity contribution in [2.75, 3.05) is 45.9 Å². The first kappa shape index (κ1) is 25.6. The first-order chi connectivity index (χ1) is 17.9. The van der Waals surface area contributed by atoms with Crippen LogP contribution in [-0.4, -0.2) is 77.8 Å². The van der Waals surface area contributed by atoms with E-state index >= 15 is 0 Å². The zero-order valence-corrected chi connectivity index (χ0v) is 22.2. The van der Waals surface area contributed by atoms with E-state index in [2.05, 4.69) is 50.4 Å². The molecular formula is C29H34N4O3S. The molecule has 37 heavy (non-hydrogen) atoms. The number of thiazole rings is 1. The molecular weight excluding hydrogens is 484 g/mol. The number of ether oxygens (including phenoxy) is 1. The molecule has 1 saturated heterocycles. The number of nitrogens with zero attached hydrogens (tertiary/aromatic N) is 3. The van der Waals surface area contributed by atoms with Gasteiger partial charge >= 0.3 is 0 Å². The SMILES string of the molecule is Cc1nc2cc(OCC(O)CN3CCN(CC(=O)NC(C)c4ccc5ccccc5c4)CC3)ccc2s1. The number of aliphatic hydroxyl groups excluding tert-OH is 1. The fourth-order valence-corrected chi connectivity index (χ4v) is 5.64. The molecule has 8 heteroatoms. The summed E-state index contributed by atoms with van der Waals surface area (Å²) in [4.78, 5) is 21.6. The Hall–Kier alpha value is -3.04. The molecule has 2 unspecified atom stereocenters. The van der Waals surface area contributed by atoms with Crippen molar-refractivity contribution in [3.63, 3.8) is 0 Å². The summed E-state index contributed by atoms with van der Waals surface area (Å²) in [5.41, 5.74) is 2.04. The smallest absolute Gasteiger partial charge is 0.234 e. The van der Waals surface area contributed by atoms with Crippen LogP contribution in [0.4, 0.5) is 0 Å². The number of aromatic nitrogens is 1. The zero-order valence-electron chi connectivity index (χ0n) is 21.4. The summed E-state index contributed by atoms with van der Waals surface area (Å²) in [5.74, 6) is 0.764. The number of rotatable bonds is 9. The number of β-amino-alcohol motifs (C(OH)–C–C–N with tert-alkyl or cyclic N) is 1. The lowest BCUT2D eigenvalue weighted by Crippen LogP contribution is -2.51. The molecule has 194 valence electrons. The third-order valence-corrected chi connectivity index (χ3v) is 7.81. The minimum absolute atomic E-state index is 0.0369. The van der Waals surface area contributed by atoms with Crippen LogP contribution in [0.1, 0.15) is 23.5 Å². The van der Waals surface area contributed by atoms with Crippen molar-refractivity contribution in [2.45, 2.75) is 26.0 Å². The number of aliphatic hydroxyl groups is 1. The van der Waals surface area contributed by atoms with Gasteiger partial charge in [-0.1, -0.05) is 36.4 Å². The average Bonchev–Trinajstić information content (AvgIpc) is 3.27. The maximum absolute atomic E-state index is 12.7. The monoisotopic (exact) mass is 518 g/mol.